The molecule has 1 aliphatic rings. The van der Waals surface area contributed by atoms with Gasteiger partial charge in [0.05, 0.1) is 11.4 Å². The van der Waals surface area contributed by atoms with Crippen LogP contribution in [0.1, 0.15) is 42.9 Å². The number of likely N-dealkylation sites (tertiary alicyclic amines) is 1. The Morgan fingerprint density at radius 3 is 2.38 bits per heavy atom. The third kappa shape index (κ3) is 3.40. The average Bonchev–Trinajstić information content (AvgIpc) is 2.93. The standard InChI is InChI=1S/C21H25N3O2/c1-4-14-9-6-7-12-18(14)22-23-20-15(5-2)10-8-11-16(20)17-13-19(25)24(3)21(17)26/h6-12,17,21,26H,4-5,13H2,1-3H3. The lowest BCUT2D eigenvalue weighted by Crippen LogP contribution is -2.30. The molecule has 0 aliphatic carbocycles. The molecule has 5 nitrogen and oxygen atoms in total. The normalized spacial score (nSPS) is 20.3. The van der Waals surface area contributed by atoms with Crippen LogP contribution in [0.5, 0.6) is 0 Å². The van der Waals surface area contributed by atoms with Gasteiger partial charge in [-0.3, -0.25) is 4.79 Å². The van der Waals surface area contributed by atoms with Crippen LogP contribution in [-0.4, -0.2) is 29.2 Å². The zero-order valence-electron chi connectivity index (χ0n) is 15.5. The summed E-state index contributed by atoms with van der Waals surface area (Å²) in [6.45, 7) is 4.16. The number of hydrogen-bond acceptors (Lipinski definition) is 4. The molecule has 1 saturated heterocycles. The fraction of sp³-hybridized carbons (Fsp3) is 0.381. The van der Waals surface area contributed by atoms with Crippen LogP contribution < -0.4 is 0 Å². The van der Waals surface area contributed by atoms with Crippen LogP contribution >= 0.6 is 0 Å². The van der Waals surface area contributed by atoms with E-state index < -0.39 is 6.23 Å². The molecule has 2 unspecified atom stereocenters. The van der Waals surface area contributed by atoms with E-state index in [9.17, 15) is 9.90 Å². The van der Waals surface area contributed by atoms with E-state index in [-0.39, 0.29) is 11.8 Å². The van der Waals surface area contributed by atoms with Crippen molar-refractivity contribution in [2.75, 3.05) is 7.05 Å². The summed E-state index contributed by atoms with van der Waals surface area (Å²) in [5, 5.41) is 19.5. The number of benzene rings is 2. The maximum absolute atomic E-state index is 12.0. The zero-order chi connectivity index (χ0) is 18.7. The van der Waals surface area contributed by atoms with E-state index in [1.807, 2.05) is 36.4 Å². The van der Waals surface area contributed by atoms with E-state index in [1.165, 1.54) is 4.90 Å². The van der Waals surface area contributed by atoms with E-state index in [2.05, 4.69) is 30.1 Å². The monoisotopic (exact) mass is 351 g/mol. The van der Waals surface area contributed by atoms with Crippen LogP contribution in [0.3, 0.4) is 0 Å². The molecule has 2 aromatic rings. The van der Waals surface area contributed by atoms with Gasteiger partial charge in [0.2, 0.25) is 5.91 Å². The van der Waals surface area contributed by atoms with Gasteiger partial charge in [0.25, 0.3) is 0 Å². The van der Waals surface area contributed by atoms with Crippen molar-refractivity contribution in [3.05, 3.63) is 59.2 Å². The lowest BCUT2D eigenvalue weighted by atomic mass is 9.92. The first kappa shape index (κ1) is 18.3. The highest BCUT2D eigenvalue weighted by atomic mass is 16.3. The fourth-order valence-corrected chi connectivity index (χ4v) is 3.45. The van der Waals surface area contributed by atoms with Gasteiger partial charge in [-0.15, -0.1) is 5.11 Å². The van der Waals surface area contributed by atoms with Crippen LogP contribution in [0.4, 0.5) is 11.4 Å². The van der Waals surface area contributed by atoms with E-state index in [4.69, 9.17) is 0 Å². The van der Waals surface area contributed by atoms with E-state index >= 15 is 0 Å². The second kappa shape index (κ2) is 7.79. The highest BCUT2D eigenvalue weighted by Crippen LogP contribution is 2.40. The number of nitrogens with zero attached hydrogens (tertiary/aromatic N) is 3. The predicted molar refractivity (Wildman–Crippen MR) is 102 cm³/mol. The summed E-state index contributed by atoms with van der Waals surface area (Å²) in [6.07, 6.45) is 1.16. The number of azo groups is 1. The summed E-state index contributed by atoms with van der Waals surface area (Å²) in [4.78, 5) is 13.4. The largest absolute Gasteiger partial charge is 0.373 e. The maximum Gasteiger partial charge on any atom is 0.225 e. The van der Waals surface area contributed by atoms with Crippen molar-refractivity contribution >= 4 is 17.3 Å². The molecule has 2 atom stereocenters. The number of hydrogen-bond donors (Lipinski definition) is 1. The van der Waals surface area contributed by atoms with Crippen molar-refractivity contribution in [1.29, 1.82) is 0 Å². The molecule has 0 saturated carbocycles. The van der Waals surface area contributed by atoms with Crippen LogP contribution in [0.25, 0.3) is 0 Å². The molecule has 0 spiro atoms. The Morgan fingerprint density at radius 1 is 1.04 bits per heavy atom. The molecule has 0 radical (unpaired) electrons. The molecule has 3 rings (SSSR count). The molecule has 0 bridgehead atoms. The molecule has 1 aliphatic heterocycles. The minimum Gasteiger partial charge on any atom is -0.373 e. The smallest absolute Gasteiger partial charge is 0.225 e. The molecule has 5 heteroatoms. The number of aryl methyl sites for hydroxylation is 2. The molecular weight excluding hydrogens is 326 g/mol. The summed E-state index contributed by atoms with van der Waals surface area (Å²) in [5.74, 6) is -0.335. The van der Waals surface area contributed by atoms with Crippen LogP contribution in [0, 0.1) is 0 Å². The topological polar surface area (TPSA) is 65.3 Å². The minimum absolute atomic E-state index is 0.0522. The summed E-state index contributed by atoms with van der Waals surface area (Å²) in [6, 6.07) is 13.9. The molecule has 26 heavy (non-hydrogen) atoms. The van der Waals surface area contributed by atoms with Crippen LogP contribution in [0.15, 0.2) is 52.7 Å². The van der Waals surface area contributed by atoms with Crippen molar-refractivity contribution in [2.24, 2.45) is 10.2 Å². The first-order chi connectivity index (χ1) is 12.6. The minimum atomic E-state index is -0.827. The van der Waals surface area contributed by atoms with Crippen molar-refractivity contribution in [3.63, 3.8) is 0 Å². The summed E-state index contributed by atoms with van der Waals surface area (Å²) in [5.41, 5.74) is 4.71. The maximum atomic E-state index is 12.0. The predicted octanol–water partition coefficient (Wildman–Crippen LogP) is 4.49. The average molecular weight is 351 g/mol. The van der Waals surface area contributed by atoms with Crippen molar-refractivity contribution in [2.45, 2.75) is 45.3 Å². The first-order valence-corrected chi connectivity index (χ1v) is 9.12. The number of likely N-dealkylation sites (N-methyl/N-ethyl adjacent to an activating group) is 1. The van der Waals surface area contributed by atoms with Crippen LogP contribution in [-0.2, 0) is 17.6 Å². The molecule has 2 aromatic carbocycles. The highest BCUT2D eigenvalue weighted by Gasteiger charge is 2.38. The third-order valence-corrected chi connectivity index (χ3v) is 5.11. The Labute approximate surface area is 154 Å². The lowest BCUT2D eigenvalue weighted by molar-refractivity contribution is -0.131. The van der Waals surface area contributed by atoms with Crippen molar-refractivity contribution in [1.82, 2.24) is 4.90 Å². The number of carbonyl (C=O) groups excluding carboxylic acids is 1. The number of carbonyl (C=O) groups is 1. The molecule has 136 valence electrons. The van der Waals surface area contributed by atoms with Gasteiger partial charge < -0.3 is 10.0 Å². The van der Waals surface area contributed by atoms with Gasteiger partial charge in [-0.2, -0.15) is 5.11 Å². The molecule has 1 heterocycles. The summed E-state index contributed by atoms with van der Waals surface area (Å²) < 4.78 is 0. The Hall–Kier alpha value is -2.53. The van der Waals surface area contributed by atoms with Crippen molar-refractivity contribution in [3.8, 4) is 0 Å². The first-order valence-electron chi connectivity index (χ1n) is 9.12. The van der Waals surface area contributed by atoms with Gasteiger partial charge in [-0.25, -0.2) is 0 Å². The number of aliphatic hydroxyl groups is 1. The summed E-state index contributed by atoms with van der Waals surface area (Å²) >= 11 is 0. The highest BCUT2D eigenvalue weighted by molar-refractivity contribution is 5.80. The van der Waals surface area contributed by atoms with Gasteiger partial charge in [-0.05, 0) is 35.6 Å². The number of amides is 1. The molecule has 0 aromatic heterocycles. The Morgan fingerprint density at radius 2 is 1.73 bits per heavy atom. The van der Waals surface area contributed by atoms with Gasteiger partial charge in [-0.1, -0.05) is 50.2 Å². The van der Waals surface area contributed by atoms with Crippen LogP contribution in [0.2, 0.25) is 0 Å². The SMILES string of the molecule is CCc1ccccc1N=Nc1c(CC)cccc1C1CC(=O)N(C)C1O. The van der Waals surface area contributed by atoms with Gasteiger partial charge >= 0.3 is 0 Å². The quantitative estimate of drug-likeness (QED) is 0.807. The number of aliphatic hydroxyl groups excluding tert-OH is 1. The summed E-state index contributed by atoms with van der Waals surface area (Å²) in [7, 11) is 1.63. The zero-order valence-corrected chi connectivity index (χ0v) is 15.5. The fourth-order valence-electron chi connectivity index (χ4n) is 3.45. The van der Waals surface area contributed by atoms with E-state index in [0.29, 0.717) is 6.42 Å². The molecule has 1 N–H and O–H groups in total. The Kier molecular flexibility index (Phi) is 5.47. The van der Waals surface area contributed by atoms with Gasteiger partial charge in [0.1, 0.15) is 6.23 Å². The second-order valence-corrected chi connectivity index (χ2v) is 6.62. The Balaban J connectivity index is 2.03. The molecular formula is C21H25N3O2. The lowest BCUT2D eigenvalue weighted by Gasteiger charge is -2.21. The van der Waals surface area contributed by atoms with E-state index in [0.717, 1.165) is 40.9 Å². The second-order valence-electron chi connectivity index (χ2n) is 6.62. The third-order valence-electron chi connectivity index (χ3n) is 5.11. The molecule has 1 amide bonds. The van der Waals surface area contributed by atoms with Crippen molar-refractivity contribution < 1.29 is 9.90 Å². The Bertz CT molecular complexity index is 832. The molecule has 1 fully saturated rings. The number of rotatable bonds is 5. The van der Waals surface area contributed by atoms with Gasteiger partial charge in [0.15, 0.2) is 0 Å². The van der Waals surface area contributed by atoms with Gasteiger partial charge in [0, 0.05) is 19.4 Å². The van der Waals surface area contributed by atoms with E-state index in [1.54, 1.807) is 7.05 Å².